The van der Waals surface area contributed by atoms with Gasteiger partial charge in [-0.25, -0.2) is 0 Å². The summed E-state index contributed by atoms with van der Waals surface area (Å²) in [4.78, 5) is 29.4. The molecule has 0 aliphatic rings. The first-order valence-corrected chi connectivity index (χ1v) is 23.2. The average Bonchev–Trinajstić information content (AvgIpc) is 3.16. The lowest BCUT2D eigenvalue weighted by molar-refractivity contribution is -0.908. The summed E-state index contributed by atoms with van der Waals surface area (Å²) in [5, 5.41) is 29.3. The Morgan fingerprint density at radius 3 is 1.30 bits per heavy atom. The van der Waals surface area contributed by atoms with Crippen molar-refractivity contribution in [2.75, 3.05) is 85.8 Å². The molecule has 0 aromatic carbocycles. The number of hydrogen-bond acceptors (Lipinski definition) is 7. The Labute approximate surface area is 334 Å². The van der Waals surface area contributed by atoms with Crippen LogP contribution in [0, 0.1) is 0 Å². The molecule has 0 rings (SSSR count). The van der Waals surface area contributed by atoms with Gasteiger partial charge in [0.2, 0.25) is 5.91 Å². The molecule has 0 aliphatic heterocycles. The summed E-state index contributed by atoms with van der Waals surface area (Å²) >= 11 is 0. The molecule has 0 spiro atoms. The summed E-state index contributed by atoms with van der Waals surface area (Å²) in [5.74, 6) is -0.0411. The lowest BCUT2D eigenvalue weighted by Crippen LogP contribution is -2.54. The molecule has 0 radical (unpaired) electrons. The molecule has 0 bridgehead atoms. The first kappa shape index (κ1) is 52.7. The molecular formula is C45H92N3O6+. The van der Waals surface area contributed by atoms with E-state index in [4.69, 9.17) is 4.74 Å². The average molecular weight is 771 g/mol. The number of carbonyl (C=O) groups is 2. The molecule has 0 fully saturated rings. The quantitative estimate of drug-likeness (QED) is 0.0323. The highest BCUT2D eigenvalue weighted by atomic mass is 16.5. The van der Waals surface area contributed by atoms with Gasteiger partial charge in [-0.05, 0) is 12.8 Å². The standard InChI is InChI=1S/C45H92N3O6/c1-4-6-8-10-12-14-16-18-20-22-24-26-28-30-44(52)47(35-41-50)33-38-48(3,39-42-51)37-32-46(34-40-49)36-43-54-45(53)31-29-27-25-23-21-19-17-15-13-11-9-7-5-2/h49-51H,4-43H2,1-3H3/q+1. The number of hydrogen-bond donors (Lipinski definition) is 3. The zero-order valence-corrected chi connectivity index (χ0v) is 36.2. The number of nitrogens with zero attached hydrogens (tertiary/aromatic N) is 3. The lowest BCUT2D eigenvalue weighted by atomic mass is 10.0. The largest absolute Gasteiger partial charge is 0.464 e. The molecule has 0 aromatic rings. The van der Waals surface area contributed by atoms with Gasteiger partial charge in [-0.3, -0.25) is 14.5 Å². The summed E-state index contributed by atoms with van der Waals surface area (Å²) in [6, 6.07) is 0. The third-order valence-corrected chi connectivity index (χ3v) is 11.3. The van der Waals surface area contributed by atoms with Gasteiger partial charge in [-0.15, -0.1) is 0 Å². The van der Waals surface area contributed by atoms with E-state index in [-0.39, 0.29) is 31.7 Å². The molecule has 54 heavy (non-hydrogen) atoms. The van der Waals surface area contributed by atoms with Crippen LogP contribution < -0.4 is 0 Å². The number of aliphatic hydroxyl groups is 3. The highest BCUT2D eigenvalue weighted by Gasteiger charge is 2.25. The minimum absolute atomic E-state index is 0.0224. The lowest BCUT2D eigenvalue weighted by Gasteiger charge is -2.37. The number of quaternary nitrogens is 1. The van der Waals surface area contributed by atoms with Crippen LogP contribution in [0.4, 0.5) is 0 Å². The third-order valence-electron chi connectivity index (χ3n) is 11.3. The Kier molecular flexibility index (Phi) is 39.0. The Balaban J connectivity index is 4.31. The van der Waals surface area contributed by atoms with E-state index in [0.29, 0.717) is 69.7 Å². The summed E-state index contributed by atoms with van der Waals surface area (Å²) in [7, 11) is 2.09. The number of unbranched alkanes of at least 4 members (excludes halogenated alkanes) is 24. The molecule has 9 nitrogen and oxygen atoms in total. The van der Waals surface area contributed by atoms with E-state index in [0.717, 1.165) is 32.2 Å². The fourth-order valence-corrected chi connectivity index (χ4v) is 7.38. The second kappa shape index (κ2) is 40.0. The van der Waals surface area contributed by atoms with Gasteiger partial charge >= 0.3 is 5.97 Å². The van der Waals surface area contributed by atoms with E-state index in [1.807, 2.05) is 0 Å². The first-order valence-electron chi connectivity index (χ1n) is 23.2. The number of ether oxygens (including phenoxy) is 1. The molecule has 0 saturated heterocycles. The molecule has 1 atom stereocenters. The first-order chi connectivity index (χ1) is 26.4. The van der Waals surface area contributed by atoms with Crippen molar-refractivity contribution in [1.29, 1.82) is 0 Å². The maximum Gasteiger partial charge on any atom is 0.305 e. The predicted molar refractivity (Wildman–Crippen MR) is 227 cm³/mol. The van der Waals surface area contributed by atoms with Crippen LogP contribution in [0.1, 0.15) is 194 Å². The molecule has 3 N–H and O–H groups in total. The van der Waals surface area contributed by atoms with Crippen LogP contribution in [0.2, 0.25) is 0 Å². The number of carbonyl (C=O) groups excluding carboxylic acids is 2. The summed E-state index contributed by atoms with van der Waals surface area (Å²) in [6.07, 6.45) is 34.1. The van der Waals surface area contributed by atoms with Crippen molar-refractivity contribution < 1.29 is 34.1 Å². The minimum Gasteiger partial charge on any atom is -0.464 e. The van der Waals surface area contributed by atoms with E-state index in [9.17, 15) is 24.9 Å². The van der Waals surface area contributed by atoms with E-state index >= 15 is 0 Å². The molecule has 322 valence electrons. The van der Waals surface area contributed by atoms with Crippen LogP contribution >= 0.6 is 0 Å². The third kappa shape index (κ3) is 34.0. The van der Waals surface area contributed by atoms with Crippen molar-refractivity contribution in [3.05, 3.63) is 0 Å². The van der Waals surface area contributed by atoms with Gasteiger partial charge in [0, 0.05) is 39.0 Å². The zero-order valence-electron chi connectivity index (χ0n) is 36.2. The Morgan fingerprint density at radius 2 is 0.870 bits per heavy atom. The zero-order chi connectivity index (χ0) is 39.8. The predicted octanol–water partition coefficient (Wildman–Crippen LogP) is 9.05. The van der Waals surface area contributed by atoms with Crippen molar-refractivity contribution in [2.45, 2.75) is 194 Å². The molecule has 9 heteroatoms. The van der Waals surface area contributed by atoms with E-state index in [2.05, 4.69) is 25.8 Å². The number of aliphatic hydroxyl groups excluding tert-OH is 3. The molecule has 1 unspecified atom stereocenters. The summed E-state index contributed by atoms with van der Waals surface area (Å²) < 4.78 is 6.12. The smallest absolute Gasteiger partial charge is 0.305 e. The van der Waals surface area contributed by atoms with Crippen LogP contribution in [0.25, 0.3) is 0 Å². The molecule has 0 heterocycles. The van der Waals surface area contributed by atoms with Crippen molar-refractivity contribution >= 4 is 11.9 Å². The topological polar surface area (TPSA) is 111 Å². The van der Waals surface area contributed by atoms with Gasteiger partial charge in [0.05, 0.1) is 46.5 Å². The van der Waals surface area contributed by atoms with Crippen molar-refractivity contribution in [3.63, 3.8) is 0 Å². The molecule has 1 amide bonds. The number of rotatable bonds is 43. The number of amides is 1. The number of likely N-dealkylation sites (N-methyl/N-ethyl adjacent to an activating group) is 1. The second-order valence-electron chi connectivity index (χ2n) is 16.4. The SMILES string of the molecule is CCCCCCCCCCCCCCCC(=O)OCCN(CCO)CC[N+](C)(CCO)CCN(CCO)C(=O)CCCCCCCCCCCCCCC. The van der Waals surface area contributed by atoms with E-state index in [1.165, 1.54) is 141 Å². The van der Waals surface area contributed by atoms with Crippen molar-refractivity contribution in [1.82, 2.24) is 9.80 Å². The van der Waals surface area contributed by atoms with Gasteiger partial charge in [-0.1, -0.05) is 168 Å². The van der Waals surface area contributed by atoms with Crippen molar-refractivity contribution in [2.24, 2.45) is 0 Å². The van der Waals surface area contributed by atoms with Crippen LogP contribution in [0.15, 0.2) is 0 Å². The monoisotopic (exact) mass is 771 g/mol. The van der Waals surface area contributed by atoms with E-state index in [1.54, 1.807) is 4.90 Å². The summed E-state index contributed by atoms with van der Waals surface area (Å²) in [5.41, 5.74) is 0. The summed E-state index contributed by atoms with van der Waals surface area (Å²) in [6.45, 7) is 9.38. The van der Waals surface area contributed by atoms with Gasteiger partial charge in [0.25, 0.3) is 0 Å². The fraction of sp³-hybridized carbons (Fsp3) is 0.956. The Morgan fingerprint density at radius 1 is 0.463 bits per heavy atom. The van der Waals surface area contributed by atoms with Crippen LogP contribution in [0.3, 0.4) is 0 Å². The maximum absolute atomic E-state index is 13.1. The Bertz CT molecular complexity index is 818. The molecule has 0 aliphatic carbocycles. The second-order valence-corrected chi connectivity index (χ2v) is 16.4. The molecule has 0 aromatic heterocycles. The normalized spacial score (nSPS) is 12.7. The van der Waals surface area contributed by atoms with Gasteiger partial charge in [-0.2, -0.15) is 0 Å². The fourth-order valence-electron chi connectivity index (χ4n) is 7.38. The van der Waals surface area contributed by atoms with Gasteiger partial charge in [0.15, 0.2) is 0 Å². The highest BCUT2D eigenvalue weighted by molar-refractivity contribution is 5.76. The van der Waals surface area contributed by atoms with E-state index < -0.39 is 0 Å². The Hall–Kier alpha value is -1.26. The van der Waals surface area contributed by atoms with Crippen LogP contribution in [-0.4, -0.2) is 127 Å². The van der Waals surface area contributed by atoms with Crippen LogP contribution in [0.5, 0.6) is 0 Å². The molecular weight excluding hydrogens is 679 g/mol. The van der Waals surface area contributed by atoms with Crippen molar-refractivity contribution in [3.8, 4) is 0 Å². The van der Waals surface area contributed by atoms with Gasteiger partial charge < -0.3 is 29.4 Å². The highest BCUT2D eigenvalue weighted by Crippen LogP contribution is 2.15. The minimum atomic E-state index is -0.143. The van der Waals surface area contributed by atoms with Crippen LogP contribution in [-0.2, 0) is 14.3 Å². The van der Waals surface area contributed by atoms with Gasteiger partial charge in [0.1, 0.15) is 13.2 Å². The molecule has 0 saturated carbocycles. The number of esters is 1. The maximum atomic E-state index is 13.1.